The summed E-state index contributed by atoms with van der Waals surface area (Å²) in [5, 5.41) is 0. The molecule has 0 fully saturated rings. The Labute approximate surface area is 764 Å². The lowest BCUT2D eigenvalue weighted by Crippen LogP contribution is -2.65. The molecule has 0 radical (unpaired) electrons. The van der Waals surface area contributed by atoms with Gasteiger partial charge in [-0.15, -0.1) is 0 Å². The second-order valence-electron chi connectivity index (χ2n) is 36.7. The second kappa shape index (κ2) is 32.2. The fraction of sp³-hybridized carbons (Fsp3) is 0.0656. The first kappa shape index (κ1) is 78.8. The minimum atomic E-state index is -0.355. The van der Waals surface area contributed by atoms with Gasteiger partial charge in [0.25, 0.3) is 13.4 Å². The minimum Gasteiger partial charge on any atom is -0.311 e. The first-order valence-electron chi connectivity index (χ1n) is 45.4. The van der Waals surface area contributed by atoms with Crippen molar-refractivity contribution in [3.8, 4) is 66.8 Å². The van der Waals surface area contributed by atoms with Crippen molar-refractivity contribution in [3.05, 3.63) is 472 Å². The van der Waals surface area contributed by atoms with Crippen LogP contribution in [0.5, 0.6) is 0 Å². The van der Waals surface area contributed by atoms with Crippen molar-refractivity contribution in [2.75, 3.05) is 29.4 Å². The van der Waals surface area contributed by atoms with Crippen LogP contribution in [0.3, 0.4) is 0 Å². The van der Waals surface area contributed by atoms with Crippen molar-refractivity contribution in [3.63, 3.8) is 0 Å². The van der Waals surface area contributed by atoms with Gasteiger partial charge in [0, 0.05) is 95.9 Å². The molecule has 0 atom stereocenters. The topological polar surface area (TPSA) is 19.4 Å². The van der Waals surface area contributed by atoms with Crippen LogP contribution in [0.4, 0.5) is 102 Å². The zero-order chi connectivity index (χ0) is 87.3. The molecular weight excluding hydrogens is 1570 g/mol. The molecule has 23 rings (SSSR count). The van der Waals surface area contributed by atoms with Crippen LogP contribution in [0.1, 0.15) is 52.7 Å². The van der Waals surface area contributed by atoms with Crippen LogP contribution < -0.4 is 62.2 Å². The fourth-order valence-corrected chi connectivity index (χ4v) is 20.9. The Morgan fingerprint density at radius 3 is 0.877 bits per heavy atom. The number of nitrogens with zero attached hydrogens (tertiary/aromatic N) is 6. The summed E-state index contributed by atoms with van der Waals surface area (Å²) in [6.45, 7) is 13.2. The van der Waals surface area contributed by atoms with Crippen molar-refractivity contribution < 1.29 is 0 Å². The van der Waals surface area contributed by atoms with Gasteiger partial charge in [-0.3, -0.25) is 0 Å². The normalized spacial score (nSPS) is 12.8. The molecule has 130 heavy (non-hydrogen) atoms. The Balaban J connectivity index is 0.890. The molecule has 0 N–H and O–H groups in total. The van der Waals surface area contributed by atoms with Crippen LogP contribution in [0.15, 0.2) is 461 Å². The minimum absolute atomic E-state index is 0.108. The number of fused-ring (bicyclic) bond motifs is 8. The van der Waals surface area contributed by atoms with Gasteiger partial charge in [0.05, 0.1) is 39.8 Å². The predicted octanol–water partition coefficient (Wildman–Crippen LogP) is 29.4. The van der Waals surface area contributed by atoms with E-state index in [2.05, 4.69) is 532 Å². The number of para-hydroxylation sites is 10. The van der Waals surface area contributed by atoms with E-state index in [9.17, 15) is 0 Å². The van der Waals surface area contributed by atoms with Crippen LogP contribution in [-0.4, -0.2) is 13.4 Å². The molecule has 6 nitrogen and oxygen atoms in total. The van der Waals surface area contributed by atoms with E-state index in [0.717, 1.165) is 169 Å². The van der Waals surface area contributed by atoms with Gasteiger partial charge in [-0.25, -0.2) is 0 Å². The van der Waals surface area contributed by atoms with Crippen LogP contribution in [0, 0.1) is 0 Å². The lowest BCUT2D eigenvalue weighted by atomic mass is 9.30. The molecule has 0 saturated carbocycles. The fourth-order valence-electron chi connectivity index (χ4n) is 20.9. The molecule has 0 aromatic heterocycles. The monoisotopic (exact) mass is 1660 g/mol. The van der Waals surface area contributed by atoms with Crippen molar-refractivity contribution >= 4 is 149 Å². The second-order valence-corrected chi connectivity index (χ2v) is 36.7. The van der Waals surface area contributed by atoms with Gasteiger partial charge in [0.15, 0.2) is 0 Å². The quantitative estimate of drug-likeness (QED) is 0.0892. The summed E-state index contributed by atoms with van der Waals surface area (Å²) in [6.07, 6.45) is 0. The lowest BCUT2D eigenvalue weighted by molar-refractivity contribution is 0.590. The van der Waals surface area contributed by atoms with Gasteiger partial charge >= 0.3 is 0 Å². The van der Waals surface area contributed by atoms with Gasteiger partial charge < -0.3 is 29.4 Å². The number of anilines is 18. The molecule has 4 aliphatic heterocycles. The van der Waals surface area contributed by atoms with Crippen LogP contribution in [0.25, 0.3) is 66.8 Å². The van der Waals surface area contributed by atoms with Gasteiger partial charge in [-0.1, -0.05) is 399 Å². The SMILES string of the molecule is CC(C)(C)c1ccc(-c2cccc(-c3ccc(C(C)(C)C)cc3)c2N2c3cc4c(cc3B3c5ccccc5N(c5ccccc5-c5ccccc5)c5cc(N(c6ccccc6)c6ccccc6-c6ccccc6)cc2c53)B2c3ccccc3N(c3ccccc3-c3ccccc3)c3cc(N(c5ccccc5)c5ccccc5-c5ccccc5)cc(c32)N4c2ccccc2)cc1. The number of benzene rings is 19. The predicted molar refractivity (Wildman–Crippen MR) is 554 cm³/mol. The molecule has 0 saturated heterocycles. The van der Waals surface area contributed by atoms with Gasteiger partial charge in [-0.05, 0) is 191 Å². The highest BCUT2D eigenvalue weighted by atomic mass is 15.2. The average Bonchev–Trinajstić information content (AvgIpc) is 0.677. The lowest BCUT2D eigenvalue weighted by Gasteiger charge is -2.48. The summed E-state index contributed by atoms with van der Waals surface area (Å²) in [5.74, 6) is 0. The van der Waals surface area contributed by atoms with Crippen molar-refractivity contribution in [2.45, 2.75) is 52.4 Å². The Kier molecular flexibility index (Phi) is 19.5. The molecule has 4 aliphatic rings. The van der Waals surface area contributed by atoms with Gasteiger partial charge in [0.2, 0.25) is 0 Å². The molecule has 0 amide bonds. The van der Waals surface area contributed by atoms with E-state index in [1.54, 1.807) is 0 Å². The number of rotatable bonds is 16. The van der Waals surface area contributed by atoms with E-state index in [0.29, 0.717) is 0 Å². The van der Waals surface area contributed by atoms with E-state index in [1.807, 2.05) is 0 Å². The maximum atomic E-state index is 2.76. The summed E-state index contributed by atoms with van der Waals surface area (Å²) in [6, 6.07) is 174. The molecule has 4 heterocycles. The summed E-state index contributed by atoms with van der Waals surface area (Å²) in [4.78, 5) is 15.7. The highest BCUT2D eigenvalue weighted by Gasteiger charge is 2.50. The molecule has 0 aliphatic carbocycles. The zero-order valence-corrected chi connectivity index (χ0v) is 73.7. The average molecular weight is 1670 g/mol. The molecule has 0 unspecified atom stereocenters. The largest absolute Gasteiger partial charge is 0.311 e. The number of hydrogen-bond donors (Lipinski definition) is 0. The Morgan fingerprint density at radius 1 is 0.192 bits per heavy atom. The van der Waals surface area contributed by atoms with Crippen LogP contribution in [-0.2, 0) is 10.8 Å². The Hall–Kier alpha value is -15.9. The summed E-state index contributed by atoms with van der Waals surface area (Å²) >= 11 is 0. The third kappa shape index (κ3) is 13.5. The molecule has 8 heteroatoms. The third-order valence-corrected chi connectivity index (χ3v) is 26.9. The van der Waals surface area contributed by atoms with Gasteiger partial charge in [-0.2, -0.15) is 0 Å². The van der Waals surface area contributed by atoms with E-state index in [4.69, 9.17) is 0 Å². The maximum Gasteiger partial charge on any atom is 0.252 e. The van der Waals surface area contributed by atoms with Crippen LogP contribution in [0.2, 0.25) is 0 Å². The third-order valence-electron chi connectivity index (χ3n) is 26.9. The first-order valence-corrected chi connectivity index (χ1v) is 45.4. The van der Waals surface area contributed by atoms with E-state index in [-0.39, 0.29) is 24.3 Å². The maximum absolute atomic E-state index is 2.76. The number of hydrogen-bond acceptors (Lipinski definition) is 6. The summed E-state index contributed by atoms with van der Waals surface area (Å²) in [7, 11) is 0. The van der Waals surface area contributed by atoms with E-state index in [1.165, 1.54) is 43.9 Å². The summed E-state index contributed by atoms with van der Waals surface area (Å²) < 4.78 is 0. The van der Waals surface area contributed by atoms with E-state index < -0.39 is 0 Å². The first-order chi connectivity index (χ1) is 63.8. The van der Waals surface area contributed by atoms with E-state index >= 15 is 0 Å². The standard InChI is InChI=1S/C122H94B2N6/c1-121(2,3)89-73-69-87(70-74-89)100-59-40-60-101(88-71-75-90(76-72-88)122(4,5)6)120(100)130-113-82-112-104(81-105(113)124-103-62-33-39-68-111(103)129(109-66-37-31-58-99(109)86-47-20-10-21-48-86)116-79-95(80-117(130)119(116)124)126(92-51-24-12-25-52-92)107-64-35-29-56-97(107)84-43-16-8-17-44-84)123-102-61-32-38-67-110(102)128(108-65-36-30-57-98(108)85-45-18-9-19-46-85)115-78-94(77-114(118(115)123)127(112)93-53-26-13-27-54-93)125(91-49-22-11-23-50-91)106-63-34-28-55-96(106)83-41-14-7-15-42-83/h7-82H,1-6H3. The smallest absolute Gasteiger partial charge is 0.252 e. The molecule has 19 aromatic carbocycles. The molecular formula is C122H94B2N6. The highest BCUT2D eigenvalue weighted by Crippen LogP contribution is 2.57. The zero-order valence-electron chi connectivity index (χ0n) is 73.7. The molecule has 19 aromatic rings. The molecule has 0 bridgehead atoms. The van der Waals surface area contributed by atoms with Crippen molar-refractivity contribution in [1.82, 2.24) is 0 Å². The van der Waals surface area contributed by atoms with Crippen molar-refractivity contribution in [2.24, 2.45) is 0 Å². The molecule has 0 spiro atoms. The Morgan fingerprint density at radius 2 is 0.485 bits per heavy atom. The summed E-state index contributed by atoms with van der Waals surface area (Å²) in [5.41, 5.74) is 42.1. The van der Waals surface area contributed by atoms with Gasteiger partial charge in [0.1, 0.15) is 0 Å². The highest BCUT2D eigenvalue weighted by molar-refractivity contribution is 7.03. The van der Waals surface area contributed by atoms with Crippen LogP contribution >= 0.6 is 0 Å². The Bertz CT molecular complexity index is 7430. The molecule has 618 valence electrons. The van der Waals surface area contributed by atoms with Crippen molar-refractivity contribution in [1.29, 1.82) is 0 Å².